The van der Waals surface area contributed by atoms with Crippen molar-refractivity contribution in [2.75, 3.05) is 0 Å². The molecule has 2 N–H and O–H groups in total. The van der Waals surface area contributed by atoms with Crippen LogP contribution >= 0.6 is 0 Å². The van der Waals surface area contributed by atoms with E-state index < -0.39 is 0 Å². The van der Waals surface area contributed by atoms with E-state index in [1.54, 1.807) is 6.33 Å². The lowest BCUT2D eigenvalue weighted by atomic mass is 9.84. The van der Waals surface area contributed by atoms with Crippen molar-refractivity contribution < 1.29 is 0 Å². The molecule has 0 spiro atoms. The number of hydrogen-bond donors (Lipinski definition) is 2. The first-order valence-corrected chi connectivity index (χ1v) is 6.41. The van der Waals surface area contributed by atoms with Gasteiger partial charge in [0.15, 0.2) is 0 Å². The van der Waals surface area contributed by atoms with E-state index in [-0.39, 0.29) is 6.04 Å². The van der Waals surface area contributed by atoms with E-state index in [2.05, 4.69) is 34.3 Å². The second kappa shape index (κ2) is 5.43. The summed E-state index contributed by atoms with van der Waals surface area (Å²) in [5.41, 5.74) is 0. The van der Waals surface area contributed by atoms with Crippen LogP contribution in [0.15, 0.2) is 6.33 Å². The molecule has 1 aromatic heterocycles. The van der Waals surface area contributed by atoms with Crippen LogP contribution < -0.4 is 5.32 Å². The van der Waals surface area contributed by atoms with Gasteiger partial charge in [0.2, 0.25) is 0 Å². The van der Waals surface area contributed by atoms with Crippen LogP contribution in [0.1, 0.15) is 57.8 Å². The Morgan fingerprint density at radius 1 is 1.56 bits per heavy atom. The number of aromatic nitrogens is 3. The predicted octanol–water partition coefficient (Wildman–Crippen LogP) is 2.42. The maximum atomic E-state index is 4.19. The number of H-pyrrole nitrogens is 1. The predicted molar refractivity (Wildman–Crippen MR) is 64.0 cm³/mol. The van der Waals surface area contributed by atoms with Gasteiger partial charge >= 0.3 is 0 Å². The Balaban J connectivity index is 1.84. The van der Waals surface area contributed by atoms with Crippen molar-refractivity contribution in [3.05, 3.63) is 12.2 Å². The van der Waals surface area contributed by atoms with Gasteiger partial charge in [-0.25, -0.2) is 4.98 Å². The van der Waals surface area contributed by atoms with Crippen LogP contribution in [-0.4, -0.2) is 21.2 Å². The summed E-state index contributed by atoms with van der Waals surface area (Å²) >= 11 is 0. The summed E-state index contributed by atoms with van der Waals surface area (Å²) < 4.78 is 0. The maximum absolute atomic E-state index is 4.19. The summed E-state index contributed by atoms with van der Waals surface area (Å²) in [6.07, 6.45) is 8.27. The van der Waals surface area contributed by atoms with Crippen LogP contribution in [0.3, 0.4) is 0 Å². The highest BCUT2D eigenvalue weighted by Gasteiger charge is 2.22. The zero-order valence-corrected chi connectivity index (χ0v) is 10.2. The Hall–Kier alpha value is -0.900. The minimum Gasteiger partial charge on any atom is -0.305 e. The Kier molecular flexibility index (Phi) is 3.93. The highest BCUT2D eigenvalue weighted by molar-refractivity contribution is 4.91. The fourth-order valence-corrected chi connectivity index (χ4v) is 2.67. The molecule has 2 rings (SSSR count). The molecule has 1 aliphatic rings. The Labute approximate surface area is 97.2 Å². The quantitative estimate of drug-likeness (QED) is 0.822. The van der Waals surface area contributed by atoms with Crippen LogP contribution in [0.5, 0.6) is 0 Å². The summed E-state index contributed by atoms with van der Waals surface area (Å²) in [5, 5.41) is 10.5. The van der Waals surface area contributed by atoms with E-state index in [4.69, 9.17) is 0 Å². The zero-order valence-electron chi connectivity index (χ0n) is 10.2. The Bertz CT molecular complexity index is 296. The van der Waals surface area contributed by atoms with Gasteiger partial charge in [-0.15, -0.1) is 0 Å². The number of nitrogens with zero attached hydrogens (tertiary/aromatic N) is 2. The van der Waals surface area contributed by atoms with Gasteiger partial charge < -0.3 is 5.32 Å². The first-order valence-electron chi connectivity index (χ1n) is 6.41. The lowest BCUT2D eigenvalue weighted by Gasteiger charge is -2.30. The van der Waals surface area contributed by atoms with Crippen molar-refractivity contribution in [2.24, 2.45) is 5.92 Å². The summed E-state index contributed by atoms with van der Waals surface area (Å²) in [5.74, 6) is 1.85. The summed E-state index contributed by atoms with van der Waals surface area (Å²) in [7, 11) is 0. The van der Waals surface area contributed by atoms with Crippen molar-refractivity contribution in [1.82, 2.24) is 20.5 Å². The first-order chi connectivity index (χ1) is 7.79. The average molecular weight is 222 g/mol. The van der Waals surface area contributed by atoms with Crippen LogP contribution in [-0.2, 0) is 0 Å². The third-order valence-electron chi connectivity index (χ3n) is 3.69. The highest BCUT2D eigenvalue weighted by atomic mass is 15.2. The summed E-state index contributed by atoms with van der Waals surface area (Å²) in [6, 6.07) is 0.932. The first kappa shape index (κ1) is 11.6. The van der Waals surface area contributed by atoms with Crippen molar-refractivity contribution in [1.29, 1.82) is 0 Å². The van der Waals surface area contributed by atoms with Gasteiger partial charge in [0.25, 0.3) is 0 Å². The van der Waals surface area contributed by atoms with Gasteiger partial charge in [-0.05, 0) is 25.7 Å². The van der Waals surface area contributed by atoms with Crippen molar-refractivity contribution >= 4 is 0 Å². The van der Waals surface area contributed by atoms with Crippen molar-refractivity contribution in [2.45, 2.75) is 58.0 Å². The molecule has 3 atom stereocenters. The van der Waals surface area contributed by atoms with Crippen LogP contribution in [0.4, 0.5) is 0 Å². The third kappa shape index (κ3) is 2.82. The molecule has 1 fully saturated rings. The highest BCUT2D eigenvalue weighted by Crippen LogP contribution is 2.27. The van der Waals surface area contributed by atoms with Crippen LogP contribution in [0.25, 0.3) is 0 Å². The minimum atomic E-state index is 0.281. The molecule has 0 saturated heterocycles. The summed E-state index contributed by atoms with van der Waals surface area (Å²) in [4.78, 5) is 4.19. The van der Waals surface area contributed by atoms with Crippen molar-refractivity contribution in [3.8, 4) is 0 Å². The molecule has 90 valence electrons. The fraction of sp³-hybridized carbons (Fsp3) is 0.833. The molecule has 0 aliphatic heterocycles. The molecule has 1 heterocycles. The van der Waals surface area contributed by atoms with Crippen LogP contribution in [0, 0.1) is 5.92 Å². The Morgan fingerprint density at radius 3 is 3.12 bits per heavy atom. The zero-order chi connectivity index (χ0) is 11.4. The second-order valence-corrected chi connectivity index (χ2v) is 4.90. The molecule has 1 saturated carbocycles. The summed E-state index contributed by atoms with van der Waals surface area (Å²) in [6.45, 7) is 4.45. The van der Waals surface area contributed by atoms with Gasteiger partial charge in [-0.1, -0.05) is 26.2 Å². The number of rotatable bonds is 4. The molecular weight excluding hydrogens is 200 g/mol. The van der Waals surface area contributed by atoms with E-state index in [0.29, 0.717) is 6.04 Å². The van der Waals surface area contributed by atoms with Crippen molar-refractivity contribution in [3.63, 3.8) is 0 Å². The van der Waals surface area contributed by atoms with Gasteiger partial charge in [-0.3, -0.25) is 5.10 Å². The fourth-order valence-electron chi connectivity index (χ4n) is 2.67. The number of nitrogens with one attached hydrogen (secondary N) is 2. The minimum absolute atomic E-state index is 0.281. The SMILES string of the molecule is CCC1CCCC(NC(C)c2ncn[nH]2)C1. The normalized spacial score (nSPS) is 27.9. The van der Waals surface area contributed by atoms with E-state index in [9.17, 15) is 0 Å². The van der Waals surface area contributed by atoms with Gasteiger partial charge in [-0.2, -0.15) is 5.10 Å². The molecule has 4 nitrogen and oxygen atoms in total. The lowest BCUT2D eigenvalue weighted by molar-refractivity contribution is 0.264. The topological polar surface area (TPSA) is 53.6 Å². The molecule has 1 aromatic rings. The average Bonchev–Trinajstić information content (AvgIpc) is 2.83. The smallest absolute Gasteiger partial charge is 0.141 e. The number of hydrogen-bond acceptors (Lipinski definition) is 3. The van der Waals surface area contributed by atoms with E-state index in [0.717, 1.165) is 11.7 Å². The molecule has 0 bridgehead atoms. The van der Waals surface area contributed by atoms with Gasteiger partial charge in [0, 0.05) is 6.04 Å². The lowest BCUT2D eigenvalue weighted by Crippen LogP contribution is -2.36. The monoisotopic (exact) mass is 222 g/mol. The molecule has 16 heavy (non-hydrogen) atoms. The largest absolute Gasteiger partial charge is 0.305 e. The molecule has 0 aromatic carbocycles. The number of aromatic amines is 1. The molecular formula is C12H22N4. The van der Waals surface area contributed by atoms with Gasteiger partial charge in [0.1, 0.15) is 12.2 Å². The van der Waals surface area contributed by atoms with E-state index in [1.807, 2.05) is 0 Å². The molecule has 0 radical (unpaired) electrons. The van der Waals surface area contributed by atoms with E-state index >= 15 is 0 Å². The maximum Gasteiger partial charge on any atom is 0.141 e. The molecule has 3 unspecified atom stereocenters. The Morgan fingerprint density at radius 2 is 2.44 bits per heavy atom. The molecule has 4 heteroatoms. The van der Waals surface area contributed by atoms with Gasteiger partial charge in [0.05, 0.1) is 6.04 Å². The van der Waals surface area contributed by atoms with Crippen LogP contribution in [0.2, 0.25) is 0 Å². The third-order valence-corrected chi connectivity index (χ3v) is 3.69. The standard InChI is InChI=1S/C12H22N4/c1-3-10-5-4-6-11(7-10)15-9(2)12-13-8-14-16-12/h8-11,15H,3-7H2,1-2H3,(H,13,14,16). The second-order valence-electron chi connectivity index (χ2n) is 4.90. The molecule has 1 aliphatic carbocycles. The molecule has 0 amide bonds. The van der Waals surface area contributed by atoms with E-state index in [1.165, 1.54) is 32.1 Å².